The molecule has 35 heavy (non-hydrogen) atoms. The van der Waals surface area contributed by atoms with Gasteiger partial charge in [0.05, 0.1) is 17.6 Å². The number of fused-ring (bicyclic) bond motifs is 6. The van der Waals surface area contributed by atoms with Crippen molar-refractivity contribution in [3.8, 4) is 5.88 Å². The number of nitrogens with two attached hydrogens (primary N) is 1. The van der Waals surface area contributed by atoms with Gasteiger partial charge in [-0.25, -0.2) is 18.9 Å². The van der Waals surface area contributed by atoms with Crippen LogP contribution in [-0.4, -0.2) is 37.6 Å². The number of rotatable bonds is 4. The van der Waals surface area contributed by atoms with Crippen LogP contribution in [-0.2, 0) is 6.18 Å². The molecule has 0 radical (unpaired) electrons. The van der Waals surface area contributed by atoms with Crippen molar-refractivity contribution >= 4 is 56.6 Å². The highest BCUT2D eigenvalue weighted by Gasteiger charge is 2.35. The molecule has 0 aliphatic heterocycles. The standard InChI is InChI=1S/C21H12ClF4N7O2/c1-35-19-10(17(27)34)5-9-11-7-28-20(29-8-2-3-13(23)12(22)4-8)31-18(11)33-14(16(9)30-19)6-15(32-33)21(24,25)26/h2-7H,1H3,(H2,27,34)(H,28,29,31). The Hall–Kier alpha value is -4.26. The van der Waals surface area contributed by atoms with Crippen LogP contribution in [0.5, 0.6) is 5.88 Å². The van der Waals surface area contributed by atoms with E-state index in [4.69, 9.17) is 22.1 Å². The molecule has 0 atom stereocenters. The molecule has 1 aromatic carbocycles. The highest BCUT2D eigenvalue weighted by Crippen LogP contribution is 2.35. The summed E-state index contributed by atoms with van der Waals surface area (Å²) in [6, 6.07) is 5.97. The number of carbonyl (C=O) groups excluding carboxylic acids is 1. The van der Waals surface area contributed by atoms with Crippen LogP contribution < -0.4 is 15.8 Å². The number of halogens is 5. The Labute approximate surface area is 197 Å². The van der Waals surface area contributed by atoms with E-state index in [9.17, 15) is 22.4 Å². The monoisotopic (exact) mass is 505 g/mol. The third-order valence-corrected chi connectivity index (χ3v) is 5.41. The smallest absolute Gasteiger partial charge is 0.435 e. The molecule has 3 N–H and O–H groups in total. The van der Waals surface area contributed by atoms with Gasteiger partial charge in [-0.3, -0.25) is 4.79 Å². The van der Waals surface area contributed by atoms with Gasteiger partial charge < -0.3 is 15.8 Å². The van der Waals surface area contributed by atoms with Crippen LogP contribution in [0.4, 0.5) is 29.2 Å². The molecule has 4 heterocycles. The van der Waals surface area contributed by atoms with Gasteiger partial charge in [-0.05, 0) is 30.3 Å². The summed E-state index contributed by atoms with van der Waals surface area (Å²) in [5.41, 5.74) is 4.52. The number of primary amides is 1. The van der Waals surface area contributed by atoms with Crippen molar-refractivity contribution in [2.24, 2.45) is 5.73 Å². The van der Waals surface area contributed by atoms with Crippen LogP contribution >= 0.6 is 11.6 Å². The lowest BCUT2D eigenvalue weighted by Gasteiger charge is -2.12. The topological polar surface area (TPSA) is 120 Å². The van der Waals surface area contributed by atoms with E-state index in [1.165, 1.54) is 31.5 Å². The van der Waals surface area contributed by atoms with Gasteiger partial charge in [0.25, 0.3) is 5.91 Å². The molecule has 1 amide bonds. The fourth-order valence-electron chi connectivity index (χ4n) is 3.57. The molecular formula is C21H12ClF4N7O2. The van der Waals surface area contributed by atoms with Crippen molar-refractivity contribution in [3.63, 3.8) is 0 Å². The number of anilines is 2. The summed E-state index contributed by atoms with van der Waals surface area (Å²) in [6.07, 6.45) is -3.42. The van der Waals surface area contributed by atoms with E-state index < -0.39 is 23.6 Å². The SMILES string of the molecule is COc1nc2c(cc1C(N)=O)c1cnc(Nc3ccc(F)c(Cl)c3)nc1n1nc(C(F)(F)F)cc21. The molecule has 178 valence electrons. The number of nitrogens with one attached hydrogen (secondary N) is 1. The Morgan fingerprint density at radius 1 is 1.17 bits per heavy atom. The maximum Gasteiger partial charge on any atom is 0.435 e. The number of aromatic nitrogens is 5. The number of hydrogen-bond donors (Lipinski definition) is 2. The van der Waals surface area contributed by atoms with Crippen molar-refractivity contribution in [1.82, 2.24) is 24.6 Å². The second kappa shape index (κ2) is 7.91. The molecular weight excluding hydrogens is 494 g/mol. The first-order valence-corrected chi connectivity index (χ1v) is 10.1. The van der Waals surface area contributed by atoms with Gasteiger partial charge in [0.1, 0.15) is 16.9 Å². The van der Waals surface area contributed by atoms with Crippen molar-refractivity contribution < 1.29 is 27.1 Å². The summed E-state index contributed by atoms with van der Waals surface area (Å²) < 4.78 is 60.1. The molecule has 0 saturated carbocycles. The van der Waals surface area contributed by atoms with E-state index in [0.29, 0.717) is 5.69 Å². The molecule has 0 aliphatic rings. The number of benzene rings is 1. The number of methoxy groups -OCH3 is 1. The van der Waals surface area contributed by atoms with Crippen molar-refractivity contribution in [1.29, 1.82) is 0 Å². The average molecular weight is 506 g/mol. The van der Waals surface area contributed by atoms with Crippen molar-refractivity contribution in [3.05, 3.63) is 58.6 Å². The molecule has 5 aromatic rings. The zero-order valence-corrected chi connectivity index (χ0v) is 18.2. The lowest BCUT2D eigenvalue weighted by Crippen LogP contribution is -2.13. The minimum Gasteiger partial charge on any atom is -0.480 e. The van der Waals surface area contributed by atoms with Gasteiger partial charge in [0, 0.05) is 22.7 Å². The first kappa shape index (κ1) is 22.5. The van der Waals surface area contributed by atoms with Crippen LogP contribution in [0.2, 0.25) is 5.02 Å². The second-order valence-corrected chi connectivity index (χ2v) is 7.72. The summed E-state index contributed by atoms with van der Waals surface area (Å²) in [7, 11) is 1.25. The zero-order valence-electron chi connectivity index (χ0n) is 17.5. The van der Waals surface area contributed by atoms with E-state index in [2.05, 4.69) is 25.4 Å². The third-order valence-electron chi connectivity index (χ3n) is 5.12. The number of alkyl halides is 3. The molecule has 0 bridgehead atoms. The van der Waals surface area contributed by atoms with Crippen LogP contribution in [0, 0.1) is 5.82 Å². The van der Waals surface area contributed by atoms with E-state index in [1.54, 1.807) is 0 Å². The lowest BCUT2D eigenvalue weighted by molar-refractivity contribution is -0.141. The van der Waals surface area contributed by atoms with Crippen molar-refractivity contribution in [2.75, 3.05) is 12.4 Å². The van der Waals surface area contributed by atoms with Gasteiger partial charge >= 0.3 is 6.18 Å². The minimum absolute atomic E-state index is 0.0175. The average Bonchev–Trinajstić information content (AvgIpc) is 3.27. The minimum atomic E-state index is -4.75. The Morgan fingerprint density at radius 3 is 2.60 bits per heavy atom. The predicted molar refractivity (Wildman–Crippen MR) is 118 cm³/mol. The van der Waals surface area contributed by atoms with E-state index in [0.717, 1.165) is 16.6 Å². The Kier molecular flexibility index (Phi) is 5.09. The lowest BCUT2D eigenvalue weighted by atomic mass is 10.1. The summed E-state index contributed by atoms with van der Waals surface area (Å²) in [5.74, 6) is -1.66. The summed E-state index contributed by atoms with van der Waals surface area (Å²) in [5, 5.41) is 6.84. The maximum atomic E-state index is 13.5. The number of pyridine rings is 2. The number of carbonyl (C=O) groups is 1. The molecule has 0 fully saturated rings. The predicted octanol–water partition coefficient (Wildman–Crippen LogP) is 4.49. The van der Waals surface area contributed by atoms with Gasteiger partial charge in [-0.1, -0.05) is 11.6 Å². The van der Waals surface area contributed by atoms with Gasteiger partial charge in [-0.2, -0.15) is 23.3 Å². The first-order valence-electron chi connectivity index (χ1n) is 9.73. The quantitative estimate of drug-likeness (QED) is 0.273. The highest BCUT2D eigenvalue weighted by molar-refractivity contribution is 6.31. The Morgan fingerprint density at radius 2 is 1.94 bits per heavy atom. The highest BCUT2D eigenvalue weighted by atomic mass is 35.5. The van der Waals surface area contributed by atoms with Gasteiger partial charge in [0.2, 0.25) is 11.8 Å². The normalized spacial score (nSPS) is 11.9. The number of nitrogens with zero attached hydrogens (tertiary/aromatic N) is 5. The number of hydrogen-bond acceptors (Lipinski definition) is 7. The maximum absolute atomic E-state index is 13.5. The molecule has 9 nitrogen and oxygen atoms in total. The molecule has 14 heteroatoms. The number of ether oxygens (including phenoxy) is 1. The Balaban J connectivity index is 1.82. The molecule has 4 aromatic heterocycles. The van der Waals surface area contributed by atoms with Crippen LogP contribution in [0.1, 0.15) is 16.1 Å². The van der Waals surface area contributed by atoms with Gasteiger partial charge in [-0.15, -0.1) is 0 Å². The fourth-order valence-corrected chi connectivity index (χ4v) is 3.75. The fraction of sp³-hybridized carbons (Fsp3) is 0.0952. The van der Waals surface area contributed by atoms with Crippen LogP contribution in [0.3, 0.4) is 0 Å². The number of amides is 1. The molecule has 5 rings (SSSR count). The molecule has 0 saturated heterocycles. The Bertz CT molecular complexity index is 1670. The zero-order chi connectivity index (χ0) is 25.1. The van der Waals surface area contributed by atoms with Crippen molar-refractivity contribution in [2.45, 2.75) is 6.18 Å². The van der Waals surface area contributed by atoms with Crippen LogP contribution in [0.25, 0.3) is 27.5 Å². The molecule has 0 aliphatic carbocycles. The molecule has 0 unspecified atom stereocenters. The summed E-state index contributed by atoms with van der Waals surface area (Å²) in [6.45, 7) is 0. The van der Waals surface area contributed by atoms with E-state index in [-0.39, 0.29) is 49.9 Å². The summed E-state index contributed by atoms with van der Waals surface area (Å²) >= 11 is 5.80. The van der Waals surface area contributed by atoms with Gasteiger partial charge in [0.15, 0.2) is 11.3 Å². The summed E-state index contributed by atoms with van der Waals surface area (Å²) in [4.78, 5) is 24.6. The van der Waals surface area contributed by atoms with Crippen LogP contribution in [0.15, 0.2) is 36.5 Å². The third kappa shape index (κ3) is 3.79. The van der Waals surface area contributed by atoms with E-state index >= 15 is 0 Å². The first-order chi connectivity index (χ1) is 16.6. The van der Waals surface area contributed by atoms with E-state index in [1.807, 2.05) is 0 Å². The largest absolute Gasteiger partial charge is 0.480 e. The molecule has 0 spiro atoms. The second-order valence-electron chi connectivity index (χ2n) is 7.31.